The molecule has 0 unspecified atom stereocenters. The summed E-state index contributed by atoms with van der Waals surface area (Å²) in [5, 5.41) is 0. The van der Waals surface area contributed by atoms with Crippen LogP contribution < -0.4 is 0 Å². The Kier molecular flexibility index (Phi) is 11.7. The summed E-state index contributed by atoms with van der Waals surface area (Å²) >= 11 is 0. The number of hydrogen-bond acceptors (Lipinski definition) is 2. The van der Waals surface area contributed by atoms with Gasteiger partial charge in [-0.1, -0.05) is 51.9 Å². The minimum Gasteiger partial charge on any atom is -0.383 e. The van der Waals surface area contributed by atoms with Crippen LogP contribution in [0.25, 0.3) is 0 Å². The fourth-order valence-electron chi connectivity index (χ4n) is 2.42. The van der Waals surface area contributed by atoms with Gasteiger partial charge in [0, 0.05) is 19.2 Å². The third-order valence-electron chi connectivity index (χ3n) is 3.80. The minimum absolute atomic E-state index is 0.264. The Morgan fingerprint density at radius 1 is 0.789 bits per heavy atom. The zero-order valence-corrected chi connectivity index (χ0v) is 14.1. The van der Waals surface area contributed by atoms with Crippen LogP contribution in [0.3, 0.4) is 0 Å². The predicted octanol–water partition coefficient (Wildman–Crippen LogP) is 4.87. The molecule has 0 saturated carbocycles. The summed E-state index contributed by atoms with van der Waals surface area (Å²) in [5.41, 5.74) is 0.264. The van der Waals surface area contributed by atoms with Gasteiger partial charge in [-0.2, -0.15) is 0 Å². The average Bonchev–Trinajstić information content (AvgIpc) is 2.34. The van der Waals surface area contributed by atoms with E-state index in [1.165, 1.54) is 57.9 Å². The maximum atomic E-state index is 5.21. The summed E-state index contributed by atoms with van der Waals surface area (Å²) in [6.45, 7) is 12.3. The SMILES string of the molecule is CCCCCCCCCCN(CCOC)C(C)(C)C. The van der Waals surface area contributed by atoms with Gasteiger partial charge in [-0.15, -0.1) is 0 Å². The van der Waals surface area contributed by atoms with Crippen LogP contribution in [0, 0.1) is 0 Å². The Balaban J connectivity index is 3.58. The van der Waals surface area contributed by atoms with Crippen molar-refractivity contribution < 1.29 is 4.74 Å². The highest BCUT2D eigenvalue weighted by atomic mass is 16.5. The molecular weight excluding hydrogens is 234 g/mol. The molecule has 0 N–H and O–H groups in total. The first kappa shape index (κ1) is 18.9. The summed E-state index contributed by atoms with van der Waals surface area (Å²) in [4.78, 5) is 2.55. The second-order valence-corrected chi connectivity index (χ2v) is 6.63. The average molecular weight is 271 g/mol. The molecular formula is C17H37NO. The van der Waals surface area contributed by atoms with Crippen molar-refractivity contribution in [1.82, 2.24) is 4.90 Å². The van der Waals surface area contributed by atoms with Crippen LogP contribution in [0.2, 0.25) is 0 Å². The van der Waals surface area contributed by atoms with Crippen LogP contribution in [-0.4, -0.2) is 37.2 Å². The molecule has 0 amide bonds. The smallest absolute Gasteiger partial charge is 0.0589 e. The fraction of sp³-hybridized carbons (Fsp3) is 1.00. The molecule has 0 bridgehead atoms. The maximum absolute atomic E-state index is 5.21. The highest BCUT2D eigenvalue weighted by Crippen LogP contribution is 2.15. The van der Waals surface area contributed by atoms with Crippen molar-refractivity contribution in [2.45, 2.75) is 84.6 Å². The summed E-state index contributed by atoms with van der Waals surface area (Å²) < 4.78 is 5.21. The predicted molar refractivity (Wildman–Crippen MR) is 85.8 cm³/mol. The largest absolute Gasteiger partial charge is 0.383 e. The number of hydrogen-bond donors (Lipinski definition) is 0. The Morgan fingerprint density at radius 3 is 1.79 bits per heavy atom. The zero-order chi connectivity index (χ0) is 14.6. The van der Waals surface area contributed by atoms with Crippen molar-refractivity contribution in [1.29, 1.82) is 0 Å². The van der Waals surface area contributed by atoms with Gasteiger partial charge in [0.2, 0.25) is 0 Å². The normalized spacial score (nSPS) is 12.3. The molecule has 116 valence electrons. The minimum atomic E-state index is 0.264. The van der Waals surface area contributed by atoms with Crippen LogP contribution in [0.4, 0.5) is 0 Å². The molecule has 0 heterocycles. The van der Waals surface area contributed by atoms with Crippen molar-refractivity contribution in [3.05, 3.63) is 0 Å². The van der Waals surface area contributed by atoms with Crippen LogP contribution in [-0.2, 0) is 4.74 Å². The lowest BCUT2D eigenvalue weighted by atomic mass is 10.0. The molecule has 0 fully saturated rings. The van der Waals surface area contributed by atoms with E-state index in [0.29, 0.717) is 0 Å². The van der Waals surface area contributed by atoms with E-state index in [9.17, 15) is 0 Å². The van der Waals surface area contributed by atoms with Crippen LogP contribution in [0.5, 0.6) is 0 Å². The van der Waals surface area contributed by atoms with E-state index in [4.69, 9.17) is 4.74 Å². The van der Waals surface area contributed by atoms with E-state index in [1.54, 1.807) is 7.11 Å². The van der Waals surface area contributed by atoms with Crippen molar-refractivity contribution in [3.8, 4) is 0 Å². The fourth-order valence-corrected chi connectivity index (χ4v) is 2.42. The van der Waals surface area contributed by atoms with Crippen molar-refractivity contribution in [2.24, 2.45) is 0 Å². The van der Waals surface area contributed by atoms with Crippen LogP contribution in [0.1, 0.15) is 79.1 Å². The van der Waals surface area contributed by atoms with E-state index in [-0.39, 0.29) is 5.54 Å². The zero-order valence-electron chi connectivity index (χ0n) is 14.1. The molecule has 0 aromatic rings. The Morgan fingerprint density at radius 2 is 1.32 bits per heavy atom. The van der Waals surface area contributed by atoms with E-state index in [0.717, 1.165) is 13.2 Å². The molecule has 2 nitrogen and oxygen atoms in total. The third-order valence-corrected chi connectivity index (χ3v) is 3.80. The summed E-state index contributed by atoms with van der Waals surface area (Å²) in [7, 11) is 1.79. The number of nitrogens with zero attached hydrogens (tertiary/aromatic N) is 1. The second kappa shape index (κ2) is 11.7. The molecule has 0 spiro atoms. The monoisotopic (exact) mass is 271 g/mol. The number of rotatable bonds is 12. The lowest BCUT2D eigenvalue weighted by Gasteiger charge is -2.35. The molecule has 0 aliphatic rings. The summed E-state index contributed by atoms with van der Waals surface area (Å²) in [5.74, 6) is 0. The lowest BCUT2D eigenvalue weighted by molar-refractivity contribution is 0.0853. The van der Waals surface area contributed by atoms with Gasteiger partial charge in [0.15, 0.2) is 0 Å². The Bertz CT molecular complexity index is 186. The second-order valence-electron chi connectivity index (χ2n) is 6.63. The first-order valence-electron chi connectivity index (χ1n) is 8.26. The quantitative estimate of drug-likeness (QED) is 0.469. The van der Waals surface area contributed by atoms with Gasteiger partial charge in [0.05, 0.1) is 6.61 Å². The Labute approximate surface area is 121 Å². The third kappa shape index (κ3) is 11.4. The van der Waals surface area contributed by atoms with Gasteiger partial charge in [0.1, 0.15) is 0 Å². The van der Waals surface area contributed by atoms with Gasteiger partial charge >= 0.3 is 0 Å². The van der Waals surface area contributed by atoms with E-state index in [1.807, 2.05) is 0 Å². The topological polar surface area (TPSA) is 12.5 Å². The molecule has 0 atom stereocenters. The maximum Gasteiger partial charge on any atom is 0.0589 e. The first-order chi connectivity index (χ1) is 9.02. The molecule has 0 aliphatic heterocycles. The van der Waals surface area contributed by atoms with Gasteiger partial charge in [-0.25, -0.2) is 0 Å². The highest BCUT2D eigenvalue weighted by molar-refractivity contribution is 4.75. The lowest BCUT2D eigenvalue weighted by Crippen LogP contribution is -2.43. The van der Waals surface area contributed by atoms with Crippen molar-refractivity contribution in [2.75, 3.05) is 26.8 Å². The number of unbranched alkanes of at least 4 members (excludes halogenated alkanes) is 7. The van der Waals surface area contributed by atoms with Gasteiger partial charge < -0.3 is 4.74 Å². The molecule has 0 radical (unpaired) electrons. The standard InChI is InChI=1S/C17H37NO/c1-6-7-8-9-10-11-12-13-14-18(15-16-19-5)17(2,3)4/h6-16H2,1-5H3. The highest BCUT2D eigenvalue weighted by Gasteiger charge is 2.19. The number of ether oxygens (including phenoxy) is 1. The van der Waals surface area contributed by atoms with E-state index in [2.05, 4.69) is 32.6 Å². The van der Waals surface area contributed by atoms with Crippen LogP contribution >= 0.6 is 0 Å². The van der Waals surface area contributed by atoms with Crippen LogP contribution in [0.15, 0.2) is 0 Å². The van der Waals surface area contributed by atoms with E-state index < -0.39 is 0 Å². The molecule has 0 aromatic heterocycles. The number of methoxy groups -OCH3 is 1. The molecule has 19 heavy (non-hydrogen) atoms. The molecule has 2 heteroatoms. The van der Waals surface area contributed by atoms with Gasteiger partial charge in [-0.3, -0.25) is 4.90 Å². The van der Waals surface area contributed by atoms with Crippen molar-refractivity contribution in [3.63, 3.8) is 0 Å². The summed E-state index contributed by atoms with van der Waals surface area (Å²) in [6.07, 6.45) is 11.2. The molecule has 0 aromatic carbocycles. The Hall–Kier alpha value is -0.0800. The van der Waals surface area contributed by atoms with Gasteiger partial charge in [0.25, 0.3) is 0 Å². The first-order valence-corrected chi connectivity index (χ1v) is 8.26. The van der Waals surface area contributed by atoms with Crippen molar-refractivity contribution >= 4 is 0 Å². The van der Waals surface area contributed by atoms with E-state index >= 15 is 0 Å². The van der Waals surface area contributed by atoms with Gasteiger partial charge in [-0.05, 0) is 33.7 Å². The molecule has 0 rings (SSSR count). The molecule has 0 saturated heterocycles. The summed E-state index contributed by atoms with van der Waals surface area (Å²) in [6, 6.07) is 0. The molecule has 0 aliphatic carbocycles.